The van der Waals surface area contributed by atoms with Gasteiger partial charge in [0.1, 0.15) is 6.61 Å². The highest BCUT2D eigenvalue weighted by atomic mass is 31.2. The Labute approximate surface area is 257 Å². The van der Waals surface area contributed by atoms with Crippen molar-refractivity contribution in [1.29, 1.82) is 0 Å². The van der Waals surface area contributed by atoms with Crippen LogP contribution in [-0.4, -0.2) is 68.3 Å². The summed E-state index contributed by atoms with van der Waals surface area (Å²) >= 11 is 0. The number of unbranched alkanes of at least 4 members (excludes halogenated alkanes) is 4. The normalized spacial score (nSPS) is 20.0. The smallest absolute Gasteiger partial charge is 0.462 e. The van der Waals surface area contributed by atoms with E-state index in [1.807, 2.05) is 30.6 Å². The van der Waals surface area contributed by atoms with E-state index in [9.17, 15) is 19.0 Å². The molecule has 244 valence electrons. The molecule has 0 saturated heterocycles. The zero-order valence-corrected chi connectivity index (χ0v) is 26.5. The van der Waals surface area contributed by atoms with Crippen LogP contribution in [0.1, 0.15) is 90.5 Å². The van der Waals surface area contributed by atoms with E-state index < -0.39 is 32.5 Å². The van der Waals surface area contributed by atoms with E-state index in [4.69, 9.17) is 24.3 Å². The minimum atomic E-state index is -4.51. The molecule has 2 aliphatic rings. The van der Waals surface area contributed by atoms with Crippen LogP contribution in [-0.2, 0) is 32.7 Å². The molecule has 0 spiro atoms. The van der Waals surface area contributed by atoms with Gasteiger partial charge in [-0.15, -0.1) is 0 Å². The Morgan fingerprint density at radius 2 is 1.80 bits per heavy atom. The quantitative estimate of drug-likeness (QED) is 0.0774. The van der Waals surface area contributed by atoms with Gasteiger partial charge in [-0.2, -0.15) is 9.97 Å². The molecule has 2 aromatic rings. The summed E-state index contributed by atoms with van der Waals surface area (Å²) in [5.41, 5.74) is 7.21. The third-order valence-electron chi connectivity index (χ3n) is 7.44. The molecule has 1 saturated carbocycles. The van der Waals surface area contributed by atoms with E-state index in [-0.39, 0.29) is 44.0 Å². The molecule has 0 amide bonds. The number of imidazole rings is 1. The van der Waals surface area contributed by atoms with Crippen molar-refractivity contribution in [2.24, 2.45) is 5.92 Å². The average molecular weight is 637 g/mol. The second-order valence-corrected chi connectivity index (χ2v) is 12.8. The third-order valence-corrected chi connectivity index (χ3v) is 8.39. The van der Waals surface area contributed by atoms with Crippen LogP contribution >= 0.6 is 7.82 Å². The highest BCUT2D eigenvalue weighted by molar-refractivity contribution is 7.47. The number of fused-ring (bicyclic) bond motifs is 1. The van der Waals surface area contributed by atoms with Crippen molar-refractivity contribution in [2.75, 3.05) is 30.9 Å². The second kappa shape index (κ2) is 16.3. The average Bonchev–Trinajstić information content (AvgIpc) is 3.50. The zero-order valence-electron chi connectivity index (χ0n) is 25.6. The van der Waals surface area contributed by atoms with Gasteiger partial charge in [-0.1, -0.05) is 51.7 Å². The van der Waals surface area contributed by atoms with Crippen LogP contribution in [0.5, 0.6) is 0 Å². The maximum absolute atomic E-state index is 12.7. The van der Waals surface area contributed by atoms with Gasteiger partial charge in [-0.3, -0.25) is 18.6 Å². The van der Waals surface area contributed by atoms with Crippen LogP contribution in [0.4, 0.5) is 11.8 Å². The number of ether oxygens (including phenoxy) is 2. The standard InChI is InChI=1S/C29H45N6O8P/c1-3-5-7-9-24(36)40-17-23(43-25(37)10-8-6-4-2)18-42-44(38,39)41-16-20-11-14-22(15-20)35-19-31-26-27(32-21-12-13-21)33-29(30)34-28(26)35/h11,14,19-23H,3-10,12-13,15-18H2,1-2H3,(H,38,39)(H3,30,32,33,34)/t20-,22+,23-/m1/s1. The van der Waals surface area contributed by atoms with Crippen LogP contribution in [0, 0.1) is 5.92 Å². The monoisotopic (exact) mass is 636 g/mol. The molecule has 2 aliphatic carbocycles. The number of hydrogen-bond acceptors (Lipinski definition) is 12. The lowest BCUT2D eigenvalue weighted by atomic mass is 10.1. The molecule has 0 bridgehead atoms. The Hall–Kier alpha value is -3.06. The minimum absolute atomic E-state index is 0.0765. The number of nitrogens with one attached hydrogen (secondary N) is 1. The van der Waals surface area contributed by atoms with Crippen LogP contribution < -0.4 is 11.1 Å². The van der Waals surface area contributed by atoms with Gasteiger partial charge in [0.25, 0.3) is 0 Å². The third kappa shape index (κ3) is 10.5. The number of phosphoric ester groups is 1. The SMILES string of the molecule is CCCCCC(=O)OC[C@H](COP(=O)(O)OC[C@@H]1C=C[C@H](n2cnc3c(NC4CC4)nc(N)nc32)C1)OC(=O)CCCCC. The van der Waals surface area contributed by atoms with Gasteiger partial charge in [0.2, 0.25) is 5.95 Å². The number of carbonyl (C=O) groups is 2. The number of nitrogens with zero attached hydrogens (tertiary/aromatic N) is 4. The number of rotatable bonds is 20. The summed E-state index contributed by atoms with van der Waals surface area (Å²) in [5.74, 6) is -0.323. The highest BCUT2D eigenvalue weighted by Crippen LogP contribution is 2.45. The number of allylic oxidation sites excluding steroid dienone is 1. The van der Waals surface area contributed by atoms with Crippen LogP contribution in [0.15, 0.2) is 18.5 Å². The molecule has 0 aromatic carbocycles. The number of nitrogens with two attached hydrogens (primary N) is 1. The number of aromatic nitrogens is 4. The number of hydrogen-bond donors (Lipinski definition) is 3. The Bertz CT molecular complexity index is 1330. The van der Waals surface area contributed by atoms with Gasteiger partial charge in [0, 0.05) is 24.8 Å². The summed E-state index contributed by atoms with van der Waals surface area (Å²) in [6.45, 7) is 3.24. The van der Waals surface area contributed by atoms with E-state index in [1.165, 1.54) is 0 Å². The Morgan fingerprint density at radius 3 is 2.50 bits per heavy atom. The van der Waals surface area contributed by atoms with Gasteiger partial charge in [-0.05, 0) is 32.1 Å². The zero-order chi connectivity index (χ0) is 31.5. The molecule has 2 heterocycles. The topological polar surface area (TPSA) is 190 Å². The molecule has 4 N–H and O–H groups in total. The predicted octanol–water partition coefficient (Wildman–Crippen LogP) is 4.85. The van der Waals surface area contributed by atoms with Gasteiger partial charge < -0.3 is 30.0 Å². The fraction of sp³-hybridized carbons (Fsp3) is 0.690. The number of anilines is 2. The Morgan fingerprint density at radius 1 is 1.07 bits per heavy atom. The van der Waals surface area contributed by atoms with Gasteiger partial charge in [0.05, 0.1) is 25.6 Å². The lowest BCUT2D eigenvalue weighted by Gasteiger charge is -2.20. The molecule has 1 unspecified atom stereocenters. The molecule has 1 fully saturated rings. The first-order valence-corrected chi connectivity index (χ1v) is 17.1. The minimum Gasteiger partial charge on any atom is -0.462 e. The molecule has 0 aliphatic heterocycles. The Balaban J connectivity index is 1.27. The van der Waals surface area contributed by atoms with E-state index in [0.717, 1.165) is 38.5 Å². The molecular formula is C29H45N6O8P. The molecule has 2 aromatic heterocycles. The largest absolute Gasteiger partial charge is 0.472 e. The van der Waals surface area contributed by atoms with E-state index in [2.05, 4.69) is 20.3 Å². The molecule has 4 rings (SSSR count). The van der Waals surface area contributed by atoms with Gasteiger partial charge in [-0.25, -0.2) is 9.55 Å². The number of nitrogen functional groups attached to an aromatic ring is 1. The van der Waals surface area contributed by atoms with Crippen molar-refractivity contribution in [3.8, 4) is 0 Å². The summed E-state index contributed by atoms with van der Waals surface area (Å²) < 4.78 is 35.7. The second-order valence-electron chi connectivity index (χ2n) is 11.4. The number of phosphoric acid groups is 1. The summed E-state index contributed by atoms with van der Waals surface area (Å²) in [4.78, 5) is 47.9. The fourth-order valence-electron chi connectivity index (χ4n) is 4.84. The fourth-order valence-corrected chi connectivity index (χ4v) is 5.65. The lowest BCUT2D eigenvalue weighted by molar-refractivity contribution is -0.161. The molecule has 0 radical (unpaired) electrons. The van der Waals surface area contributed by atoms with E-state index in [0.29, 0.717) is 42.3 Å². The molecular weight excluding hydrogens is 591 g/mol. The van der Waals surface area contributed by atoms with Crippen LogP contribution in [0.3, 0.4) is 0 Å². The van der Waals surface area contributed by atoms with Crippen LogP contribution in [0.25, 0.3) is 11.2 Å². The van der Waals surface area contributed by atoms with Crippen molar-refractivity contribution in [2.45, 2.75) is 103 Å². The predicted molar refractivity (Wildman–Crippen MR) is 164 cm³/mol. The molecule has 4 atom stereocenters. The van der Waals surface area contributed by atoms with Crippen molar-refractivity contribution in [3.05, 3.63) is 18.5 Å². The lowest BCUT2D eigenvalue weighted by Crippen LogP contribution is -2.29. The summed E-state index contributed by atoms with van der Waals surface area (Å²) in [6.07, 6.45) is 12.7. The summed E-state index contributed by atoms with van der Waals surface area (Å²) in [6, 6.07) is 0.264. The van der Waals surface area contributed by atoms with E-state index >= 15 is 0 Å². The maximum Gasteiger partial charge on any atom is 0.472 e. The molecule has 15 heteroatoms. The van der Waals surface area contributed by atoms with Gasteiger partial charge in [0.15, 0.2) is 23.1 Å². The molecule has 44 heavy (non-hydrogen) atoms. The summed E-state index contributed by atoms with van der Waals surface area (Å²) in [5, 5.41) is 3.34. The number of esters is 2. The first kappa shape index (κ1) is 33.8. The Kier molecular flexibility index (Phi) is 12.5. The maximum atomic E-state index is 12.7. The van der Waals surface area contributed by atoms with Gasteiger partial charge >= 0.3 is 19.8 Å². The first-order valence-electron chi connectivity index (χ1n) is 15.6. The van der Waals surface area contributed by atoms with Crippen LogP contribution in [0.2, 0.25) is 0 Å². The van der Waals surface area contributed by atoms with Crippen molar-refractivity contribution < 1.29 is 37.6 Å². The van der Waals surface area contributed by atoms with Crippen molar-refractivity contribution in [3.63, 3.8) is 0 Å². The van der Waals surface area contributed by atoms with E-state index in [1.54, 1.807) is 6.33 Å². The number of carbonyl (C=O) groups excluding carboxylic acids is 2. The summed E-state index contributed by atoms with van der Waals surface area (Å²) in [7, 11) is -4.51. The highest BCUT2D eigenvalue weighted by Gasteiger charge is 2.30. The molecule has 14 nitrogen and oxygen atoms in total. The first-order chi connectivity index (χ1) is 21.2. The van der Waals surface area contributed by atoms with Crippen molar-refractivity contribution in [1.82, 2.24) is 19.5 Å². The van der Waals surface area contributed by atoms with Crippen molar-refractivity contribution >= 4 is 42.7 Å².